The Morgan fingerprint density at radius 2 is 1.70 bits per heavy atom. The lowest BCUT2D eigenvalue weighted by atomic mass is 10.1. The first-order valence-corrected chi connectivity index (χ1v) is 12.4. The molecule has 1 aliphatic carbocycles. The van der Waals surface area contributed by atoms with Gasteiger partial charge in [-0.3, -0.25) is 14.2 Å². The van der Waals surface area contributed by atoms with Crippen molar-refractivity contribution in [1.82, 2.24) is 19.1 Å². The Kier molecular flexibility index (Phi) is 5.76. The maximum Gasteiger partial charge on any atom is 0.267 e. The summed E-state index contributed by atoms with van der Waals surface area (Å²) in [6, 6.07) is 20.4. The number of nitrogens with two attached hydrogens (primary N) is 1. The second-order valence-corrected chi connectivity index (χ2v) is 9.31. The van der Waals surface area contributed by atoms with E-state index in [0.717, 1.165) is 35.0 Å². The zero-order valence-corrected chi connectivity index (χ0v) is 20.2. The number of aromatic nitrogens is 4. The van der Waals surface area contributed by atoms with E-state index in [2.05, 4.69) is 26.0 Å². The van der Waals surface area contributed by atoms with Gasteiger partial charge in [-0.1, -0.05) is 43.2 Å². The average molecular weight is 491 g/mol. The van der Waals surface area contributed by atoms with Gasteiger partial charge in [-0.15, -0.1) is 0 Å². The first kappa shape index (κ1) is 22.7. The number of pyridine rings is 1. The van der Waals surface area contributed by atoms with Crippen LogP contribution in [0.5, 0.6) is 0 Å². The summed E-state index contributed by atoms with van der Waals surface area (Å²) in [6.07, 6.45) is 9.98. The van der Waals surface area contributed by atoms with Crippen LogP contribution in [0, 0.1) is 0 Å². The van der Waals surface area contributed by atoms with Crippen molar-refractivity contribution in [2.24, 2.45) is 0 Å². The van der Waals surface area contributed by atoms with E-state index in [-0.39, 0.29) is 11.1 Å². The van der Waals surface area contributed by atoms with Crippen molar-refractivity contribution in [3.8, 4) is 16.8 Å². The third kappa shape index (κ3) is 4.16. The highest BCUT2D eigenvalue weighted by molar-refractivity contribution is 6.04. The summed E-state index contributed by atoms with van der Waals surface area (Å²) in [5.41, 5.74) is 10.0. The smallest absolute Gasteiger partial charge is 0.267 e. The maximum atomic E-state index is 13.0. The van der Waals surface area contributed by atoms with E-state index in [9.17, 15) is 9.59 Å². The third-order valence-electron chi connectivity index (χ3n) is 7.04. The van der Waals surface area contributed by atoms with Crippen LogP contribution in [0.4, 0.5) is 11.5 Å². The first-order chi connectivity index (χ1) is 18.1. The van der Waals surface area contributed by atoms with Crippen LogP contribution >= 0.6 is 0 Å². The summed E-state index contributed by atoms with van der Waals surface area (Å²) >= 11 is 0. The summed E-state index contributed by atoms with van der Waals surface area (Å²) in [7, 11) is 0. The molecule has 5 aromatic rings. The van der Waals surface area contributed by atoms with E-state index in [4.69, 9.17) is 5.73 Å². The lowest BCUT2D eigenvalue weighted by molar-refractivity contribution is 0.102. The monoisotopic (exact) mass is 490 g/mol. The second kappa shape index (κ2) is 9.39. The number of carbonyl (C=O) groups is 1. The van der Waals surface area contributed by atoms with Crippen molar-refractivity contribution in [1.29, 1.82) is 0 Å². The number of rotatable bonds is 5. The molecule has 2 aromatic carbocycles. The summed E-state index contributed by atoms with van der Waals surface area (Å²) in [6.45, 7) is 0. The van der Waals surface area contributed by atoms with Gasteiger partial charge in [0.25, 0.3) is 11.5 Å². The van der Waals surface area contributed by atoms with Crippen LogP contribution in [-0.2, 0) is 0 Å². The molecule has 0 unspecified atom stereocenters. The molecular weight excluding hydrogens is 464 g/mol. The Balaban J connectivity index is 1.29. The van der Waals surface area contributed by atoms with Gasteiger partial charge in [0, 0.05) is 35.4 Å². The number of nitrogen functional groups attached to an aromatic ring is 1. The fraction of sp³-hybridized carbons (Fsp3) is 0.172. The molecule has 3 heterocycles. The molecule has 0 aliphatic heterocycles. The zero-order chi connectivity index (χ0) is 25.4. The Bertz CT molecular complexity index is 1650. The molecule has 37 heavy (non-hydrogen) atoms. The molecule has 8 heteroatoms. The minimum absolute atomic E-state index is 0.0694. The van der Waals surface area contributed by atoms with Gasteiger partial charge in [0.1, 0.15) is 23.4 Å². The van der Waals surface area contributed by atoms with Crippen molar-refractivity contribution in [2.45, 2.75) is 31.7 Å². The molecule has 1 fully saturated rings. The minimum Gasteiger partial charge on any atom is -0.383 e. The van der Waals surface area contributed by atoms with Crippen molar-refractivity contribution in [3.63, 3.8) is 0 Å². The molecule has 3 N–H and O–H groups in total. The fourth-order valence-corrected chi connectivity index (χ4v) is 5.18. The highest BCUT2D eigenvalue weighted by atomic mass is 16.2. The highest BCUT2D eigenvalue weighted by Gasteiger charge is 2.23. The summed E-state index contributed by atoms with van der Waals surface area (Å²) in [4.78, 5) is 34.7. The maximum absolute atomic E-state index is 13.0. The number of anilines is 2. The molecule has 1 amide bonds. The molecule has 184 valence electrons. The summed E-state index contributed by atoms with van der Waals surface area (Å²) in [5.74, 6) is -0.00795. The van der Waals surface area contributed by atoms with E-state index >= 15 is 0 Å². The van der Waals surface area contributed by atoms with E-state index < -0.39 is 5.91 Å². The molecule has 8 nitrogen and oxygen atoms in total. The number of nitrogens with zero attached hydrogens (tertiary/aromatic N) is 4. The second-order valence-electron chi connectivity index (χ2n) is 9.31. The van der Waals surface area contributed by atoms with Gasteiger partial charge in [0.15, 0.2) is 0 Å². The quantitative estimate of drug-likeness (QED) is 0.352. The van der Waals surface area contributed by atoms with E-state index in [1.54, 1.807) is 12.3 Å². The topological polar surface area (TPSA) is 108 Å². The van der Waals surface area contributed by atoms with Crippen LogP contribution < -0.4 is 16.6 Å². The van der Waals surface area contributed by atoms with Crippen LogP contribution in [-0.4, -0.2) is 25.0 Å². The number of hydrogen-bond donors (Lipinski definition) is 2. The minimum atomic E-state index is -0.460. The Hall–Kier alpha value is -4.72. The molecule has 3 aromatic heterocycles. The number of para-hydroxylation sites is 1. The first-order valence-electron chi connectivity index (χ1n) is 12.4. The van der Waals surface area contributed by atoms with Crippen molar-refractivity contribution in [2.75, 3.05) is 11.1 Å². The van der Waals surface area contributed by atoms with Gasteiger partial charge in [0.2, 0.25) is 0 Å². The van der Waals surface area contributed by atoms with Crippen molar-refractivity contribution in [3.05, 3.63) is 101 Å². The molecule has 0 atom stereocenters. The lowest BCUT2D eigenvalue weighted by Gasteiger charge is -2.12. The Morgan fingerprint density at radius 3 is 2.46 bits per heavy atom. The number of benzene rings is 2. The molecule has 0 saturated heterocycles. The fourth-order valence-electron chi connectivity index (χ4n) is 5.18. The van der Waals surface area contributed by atoms with Gasteiger partial charge in [0.05, 0.1) is 5.39 Å². The van der Waals surface area contributed by atoms with Crippen LogP contribution in [0.3, 0.4) is 0 Å². The van der Waals surface area contributed by atoms with E-state index in [0.29, 0.717) is 23.2 Å². The number of fused-ring (bicyclic) bond motifs is 1. The SMILES string of the molecule is Nc1ncnc2c1c(-c1ccc(NC(=O)c3cccn(-c4ccccc4)c3=O)cc1)cn2C1CCCC1. The lowest BCUT2D eigenvalue weighted by Crippen LogP contribution is -2.27. The Labute approximate surface area is 213 Å². The molecule has 1 aliphatic rings. The normalized spacial score (nSPS) is 13.7. The number of carbonyl (C=O) groups excluding carboxylic acids is 1. The van der Waals surface area contributed by atoms with Crippen LogP contribution in [0.2, 0.25) is 0 Å². The average Bonchev–Trinajstić information content (AvgIpc) is 3.59. The van der Waals surface area contributed by atoms with Gasteiger partial charge in [-0.2, -0.15) is 0 Å². The molecule has 0 bridgehead atoms. The van der Waals surface area contributed by atoms with Crippen LogP contribution in [0.15, 0.2) is 90.2 Å². The van der Waals surface area contributed by atoms with Crippen molar-refractivity contribution < 1.29 is 4.79 Å². The van der Waals surface area contributed by atoms with Crippen molar-refractivity contribution >= 4 is 28.4 Å². The standard InChI is InChI=1S/C29H26N6O2/c30-26-25-24(17-35(22-9-4-5-10-22)27(25)32-18-31-26)19-12-14-20(15-13-19)33-28(36)23-11-6-16-34(29(23)37)21-7-2-1-3-8-21/h1-3,6-8,11-18,22H,4-5,9-10H2,(H,33,36)(H2,30,31,32). The van der Waals surface area contributed by atoms with Gasteiger partial charge < -0.3 is 15.6 Å². The molecule has 0 radical (unpaired) electrons. The van der Waals surface area contributed by atoms with E-state index in [1.165, 1.54) is 29.8 Å². The van der Waals surface area contributed by atoms with Gasteiger partial charge >= 0.3 is 0 Å². The van der Waals surface area contributed by atoms with Crippen LogP contribution in [0.1, 0.15) is 42.1 Å². The van der Waals surface area contributed by atoms with Crippen LogP contribution in [0.25, 0.3) is 27.8 Å². The summed E-state index contributed by atoms with van der Waals surface area (Å²) < 4.78 is 3.70. The molecule has 1 saturated carbocycles. The number of hydrogen-bond acceptors (Lipinski definition) is 5. The number of nitrogens with one attached hydrogen (secondary N) is 1. The predicted octanol–water partition coefficient (Wildman–Crippen LogP) is 5.20. The van der Waals surface area contributed by atoms with Gasteiger partial charge in [-0.05, 0) is 54.8 Å². The third-order valence-corrected chi connectivity index (χ3v) is 7.04. The summed E-state index contributed by atoms with van der Waals surface area (Å²) in [5, 5.41) is 3.69. The highest BCUT2D eigenvalue weighted by Crippen LogP contribution is 2.38. The predicted molar refractivity (Wildman–Crippen MR) is 145 cm³/mol. The van der Waals surface area contributed by atoms with E-state index in [1.807, 2.05) is 54.6 Å². The molecule has 6 rings (SSSR count). The Morgan fingerprint density at radius 1 is 0.946 bits per heavy atom. The molecular formula is C29H26N6O2. The van der Waals surface area contributed by atoms with Gasteiger partial charge in [-0.25, -0.2) is 9.97 Å². The number of amides is 1. The zero-order valence-electron chi connectivity index (χ0n) is 20.2. The largest absolute Gasteiger partial charge is 0.383 e. The molecule has 0 spiro atoms.